The summed E-state index contributed by atoms with van der Waals surface area (Å²) in [5.74, 6) is -1.11. The number of hydrogen-bond donors (Lipinski definition) is 2. The van der Waals surface area contributed by atoms with Gasteiger partial charge in [0.2, 0.25) is 5.91 Å². The number of imidazole rings is 1. The van der Waals surface area contributed by atoms with Crippen LogP contribution in [0.5, 0.6) is 0 Å². The normalized spacial score (nSPS) is 22.4. The van der Waals surface area contributed by atoms with Crippen LogP contribution in [0.1, 0.15) is 43.1 Å². The molecule has 0 bridgehead atoms. The van der Waals surface area contributed by atoms with Crippen LogP contribution in [0.4, 0.5) is 0 Å². The van der Waals surface area contributed by atoms with Crippen molar-refractivity contribution in [3.63, 3.8) is 0 Å². The number of piperidine rings is 1. The predicted molar refractivity (Wildman–Crippen MR) is 79.3 cm³/mol. The molecule has 3 rings (SSSR count). The zero-order chi connectivity index (χ0) is 15.5. The lowest BCUT2D eigenvalue weighted by Gasteiger charge is -2.33. The zero-order valence-corrected chi connectivity index (χ0v) is 12.6. The molecule has 0 spiro atoms. The first kappa shape index (κ1) is 15.0. The van der Waals surface area contributed by atoms with E-state index in [4.69, 9.17) is 0 Å². The lowest BCUT2D eigenvalue weighted by atomic mass is 10.0. The van der Waals surface area contributed by atoms with Crippen LogP contribution in [0.3, 0.4) is 0 Å². The second-order valence-electron chi connectivity index (χ2n) is 6.00. The maximum Gasteiger partial charge on any atom is 0.332 e. The summed E-state index contributed by atoms with van der Waals surface area (Å²) in [6.07, 6.45) is 6.15. The van der Waals surface area contributed by atoms with E-state index < -0.39 is 12.0 Å². The molecule has 0 aliphatic carbocycles. The van der Waals surface area contributed by atoms with E-state index in [-0.39, 0.29) is 5.91 Å². The van der Waals surface area contributed by atoms with E-state index >= 15 is 0 Å². The molecule has 1 amide bonds. The highest BCUT2D eigenvalue weighted by atomic mass is 16.4. The molecule has 1 atom stereocenters. The fourth-order valence-electron chi connectivity index (χ4n) is 3.38. The number of amides is 1. The minimum atomic E-state index is -1.01. The number of aromatic amines is 1. The van der Waals surface area contributed by atoms with Crippen molar-refractivity contribution in [2.24, 2.45) is 0 Å². The highest BCUT2D eigenvalue weighted by molar-refractivity contribution is 5.85. The third-order valence-corrected chi connectivity index (χ3v) is 4.57. The SMILES string of the molecule is O=C(O)[C@H]1c2nc[nH]c2CCN1C(=O)CCN1CCCCC1. The van der Waals surface area contributed by atoms with Gasteiger partial charge in [-0.2, -0.15) is 0 Å². The van der Waals surface area contributed by atoms with Crippen molar-refractivity contribution in [2.45, 2.75) is 38.1 Å². The molecule has 0 unspecified atom stereocenters. The molecular weight excluding hydrogens is 284 g/mol. The Bertz CT molecular complexity index is 551. The van der Waals surface area contributed by atoms with Crippen LogP contribution < -0.4 is 0 Å². The Kier molecular flexibility index (Phi) is 4.42. The Balaban J connectivity index is 1.65. The van der Waals surface area contributed by atoms with Gasteiger partial charge in [0, 0.05) is 31.6 Å². The summed E-state index contributed by atoms with van der Waals surface area (Å²) in [6, 6.07) is -0.955. The van der Waals surface area contributed by atoms with Crippen LogP contribution in [-0.2, 0) is 16.0 Å². The standard InChI is InChI=1S/C15H22N4O3/c20-12(5-8-18-6-2-1-3-7-18)19-9-4-11-13(17-10-16-11)14(19)15(21)22/h10,14H,1-9H2,(H,16,17)(H,21,22)/t14-/m1/s1. The van der Waals surface area contributed by atoms with Gasteiger partial charge < -0.3 is 19.9 Å². The van der Waals surface area contributed by atoms with Crippen LogP contribution in [0.2, 0.25) is 0 Å². The maximum absolute atomic E-state index is 12.5. The molecular formula is C15H22N4O3. The number of hydrogen-bond acceptors (Lipinski definition) is 4. The topological polar surface area (TPSA) is 89.5 Å². The zero-order valence-electron chi connectivity index (χ0n) is 12.6. The van der Waals surface area contributed by atoms with Crippen LogP contribution in [-0.4, -0.2) is 62.9 Å². The molecule has 7 heteroatoms. The van der Waals surface area contributed by atoms with Gasteiger partial charge in [-0.3, -0.25) is 4.79 Å². The van der Waals surface area contributed by atoms with Gasteiger partial charge in [0.25, 0.3) is 0 Å². The number of H-pyrrole nitrogens is 1. The van der Waals surface area contributed by atoms with Gasteiger partial charge in [-0.15, -0.1) is 0 Å². The second kappa shape index (κ2) is 6.48. The average molecular weight is 306 g/mol. The first-order valence-corrected chi connectivity index (χ1v) is 7.93. The molecule has 7 nitrogen and oxygen atoms in total. The quantitative estimate of drug-likeness (QED) is 0.858. The number of fused-ring (bicyclic) bond motifs is 1. The second-order valence-corrected chi connectivity index (χ2v) is 6.00. The van der Waals surface area contributed by atoms with Crippen molar-refractivity contribution in [1.29, 1.82) is 0 Å². The molecule has 1 fully saturated rings. The molecule has 2 aliphatic heterocycles. The first-order chi connectivity index (χ1) is 10.7. The lowest BCUT2D eigenvalue weighted by Crippen LogP contribution is -2.45. The third-order valence-electron chi connectivity index (χ3n) is 4.57. The molecule has 2 N–H and O–H groups in total. The summed E-state index contributed by atoms with van der Waals surface area (Å²) < 4.78 is 0. The Hall–Kier alpha value is -1.89. The number of carboxylic acid groups (broad SMARTS) is 1. The highest BCUT2D eigenvalue weighted by Gasteiger charge is 2.37. The molecule has 0 aromatic carbocycles. The molecule has 3 heterocycles. The number of nitrogens with one attached hydrogen (secondary N) is 1. The van der Waals surface area contributed by atoms with Gasteiger partial charge in [-0.1, -0.05) is 6.42 Å². The Morgan fingerprint density at radius 1 is 1.27 bits per heavy atom. The van der Waals surface area contributed by atoms with Gasteiger partial charge in [-0.05, 0) is 25.9 Å². The van der Waals surface area contributed by atoms with Crippen molar-refractivity contribution in [2.75, 3.05) is 26.2 Å². The number of nitrogens with zero attached hydrogens (tertiary/aromatic N) is 3. The number of carbonyl (C=O) groups is 2. The van der Waals surface area contributed by atoms with E-state index in [1.54, 1.807) is 0 Å². The van der Waals surface area contributed by atoms with E-state index in [0.29, 0.717) is 25.1 Å². The van der Waals surface area contributed by atoms with E-state index in [1.165, 1.54) is 30.5 Å². The van der Waals surface area contributed by atoms with Gasteiger partial charge in [0.05, 0.1) is 12.0 Å². The molecule has 22 heavy (non-hydrogen) atoms. The summed E-state index contributed by atoms with van der Waals surface area (Å²) in [6.45, 7) is 3.23. The van der Waals surface area contributed by atoms with E-state index in [1.807, 2.05) is 0 Å². The minimum Gasteiger partial charge on any atom is -0.479 e. The van der Waals surface area contributed by atoms with E-state index in [9.17, 15) is 14.7 Å². The molecule has 0 radical (unpaired) electrons. The van der Waals surface area contributed by atoms with Gasteiger partial charge in [0.15, 0.2) is 6.04 Å². The molecule has 2 aliphatic rings. The smallest absolute Gasteiger partial charge is 0.332 e. The maximum atomic E-state index is 12.5. The molecule has 1 saturated heterocycles. The summed E-state index contributed by atoms with van der Waals surface area (Å²) >= 11 is 0. The van der Waals surface area contributed by atoms with E-state index in [2.05, 4.69) is 14.9 Å². The summed E-state index contributed by atoms with van der Waals surface area (Å²) in [5.41, 5.74) is 1.30. The monoisotopic (exact) mass is 306 g/mol. The summed E-state index contributed by atoms with van der Waals surface area (Å²) in [5, 5.41) is 9.48. The average Bonchev–Trinajstić information content (AvgIpc) is 3.00. The number of likely N-dealkylation sites (tertiary alicyclic amines) is 1. The van der Waals surface area contributed by atoms with Crippen molar-refractivity contribution in [1.82, 2.24) is 19.8 Å². The molecule has 1 aromatic heterocycles. The van der Waals surface area contributed by atoms with Crippen molar-refractivity contribution in [3.8, 4) is 0 Å². The van der Waals surface area contributed by atoms with Crippen LogP contribution >= 0.6 is 0 Å². The van der Waals surface area contributed by atoms with Gasteiger partial charge in [0.1, 0.15) is 0 Å². The Labute approximate surface area is 129 Å². The fraction of sp³-hybridized carbons (Fsp3) is 0.667. The third kappa shape index (κ3) is 2.99. The number of carboxylic acids is 1. The first-order valence-electron chi connectivity index (χ1n) is 7.93. The minimum absolute atomic E-state index is 0.0911. The van der Waals surface area contributed by atoms with E-state index in [0.717, 1.165) is 25.3 Å². The summed E-state index contributed by atoms with van der Waals surface area (Å²) in [7, 11) is 0. The Morgan fingerprint density at radius 2 is 2.05 bits per heavy atom. The largest absolute Gasteiger partial charge is 0.479 e. The predicted octanol–water partition coefficient (Wildman–Crippen LogP) is 0.796. The van der Waals surface area contributed by atoms with Crippen LogP contribution in [0, 0.1) is 0 Å². The molecule has 120 valence electrons. The number of rotatable bonds is 4. The number of carbonyl (C=O) groups excluding carboxylic acids is 1. The van der Waals surface area contributed by atoms with Crippen LogP contribution in [0.15, 0.2) is 6.33 Å². The van der Waals surface area contributed by atoms with Crippen LogP contribution in [0.25, 0.3) is 0 Å². The molecule has 0 saturated carbocycles. The highest BCUT2D eigenvalue weighted by Crippen LogP contribution is 2.28. The number of aliphatic carboxylic acids is 1. The van der Waals surface area contributed by atoms with Crippen molar-refractivity contribution in [3.05, 3.63) is 17.7 Å². The van der Waals surface area contributed by atoms with Gasteiger partial charge >= 0.3 is 5.97 Å². The lowest BCUT2D eigenvalue weighted by molar-refractivity contribution is -0.151. The van der Waals surface area contributed by atoms with Gasteiger partial charge in [-0.25, -0.2) is 9.78 Å². The number of aromatic nitrogens is 2. The fourth-order valence-corrected chi connectivity index (χ4v) is 3.38. The van der Waals surface area contributed by atoms with Crippen molar-refractivity contribution < 1.29 is 14.7 Å². The van der Waals surface area contributed by atoms with Crippen molar-refractivity contribution >= 4 is 11.9 Å². The molecule has 1 aromatic rings. The summed E-state index contributed by atoms with van der Waals surface area (Å²) in [4.78, 5) is 34.9. The Morgan fingerprint density at radius 3 is 2.77 bits per heavy atom.